The van der Waals surface area contributed by atoms with Crippen LogP contribution in [0.5, 0.6) is 0 Å². The summed E-state index contributed by atoms with van der Waals surface area (Å²) in [6.45, 7) is 8.10. The van der Waals surface area contributed by atoms with Gasteiger partial charge in [-0.1, -0.05) is 24.1 Å². The molecular weight excluding hydrogens is 284 g/mol. The number of rotatable bonds is 3. The molecule has 0 radical (unpaired) electrons. The zero-order valence-corrected chi connectivity index (χ0v) is 14.2. The van der Waals surface area contributed by atoms with Crippen LogP contribution < -0.4 is 5.73 Å². The molecule has 0 spiro atoms. The van der Waals surface area contributed by atoms with Gasteiger partial charge in [-0.3, -0.25) is 0 Å². The summed E-state index contributed by atoms with van der Waals surface area (Å²) in [7, 11) is -3.50. The van der Waals surface area contributed by atoms with Crippen LogP contribution in [0.3, 0.4) is 0 Å². The number of nitrogens with two attached hydrogens (primary N) is 1. The van der Waals surface area contributed by atoms with Crippen LogP contribution in [0, 0.1) is 20.8 Å². The number of nitrogens with zero attached hydrogens (tertiary/aromatic N) is 1. The van der Waals surface area contributed by atoms with E-state index in [1.54, 1.807) is 4.31 Å². The fraction of sp³-hybridized carbons (Fsp3) is 0.625. The predicted octanol–water partition coefficient (Wildman–Crippen LogP) is 2.50. The summed E-state index contributed by atoms with van der Waals surface area (Å²) in [5.74, 6) is 0. The van der Waals surface area contributed by atoms with Crippen molar-refractivity contribution in [2.45, 2.75) is 63.9 Å². The molecule has 1 aliphatic rings. The molecule has 1 saturated heterocycles. The van der Waals surface area contributed by atoms with E-state index in [4.69, 9.17) is 5.73 Å². The van der Waals surface area contributed by atoms with Gasteiger partial charge in [-0.15, -0.1) is 0 Å². The maximum atomic E-state index is 13.2. The maximum absolute atomic E-state index is 13.2. The van der Waals surface area contributed by atoms with Gasteiger partial charge in [0.05, 0.1) is 4.90 Å². The highest BCUT2D eigenvalue weighted by molar-refractivity contribution is 7.89. The third kappa shape index (κ3) is 3.00. The first-order valence-corrected chi connectivity index (χ1v) is 9.04. The van der Waals surface area contributed by atoms with E-state index < -0.39 is 10.0 Å². The van der Waals surface area contributed by atoms with Gasteiger partial charge in [0, 0.05) is 18.6 Å². The molecule has 0 amide bonds. The summed E-state index contributed by atoms with van der Waals surface area (Å²) in [6, 6.07) is 3.80. The lowest BCUT2D eigenvalue weighted by molar-refractivity contribution is 0.196. The summed E-state index contributed by atoms with van der Waals surface area (Å²) >= 11 is 0. The molecule has 5 heteroatoms. The minimum absolute atomic E-state index is 0.0115. The monoisotopic (exact) mass is 310 g/mol. The minimum atomic E-state index is -3.50. The third-order valence-corrected chi connectivity index (χ3v) is 6.74. The van der Waals surface area contributed by atoms with Crippen molar-refractivity contribution in [2.24, 2.45) is 5.73 Å². The van der Waals surface area contributed by atoms with Gasteiger partial charge < -0.3 is 5.73 Å². The molecule has 1 aliphatic heterocycles. The number of piperidine rings is 1. The molecule has 0 aliphatic carbocycles. The molecule has 2 unspecified atom stereocenters. The van der Waals surface area contributed by atoms with Crippen LogP contribution in [-0.2, 0) is 10.0 Å². The molecule has 1 fully saturated rings. The van der Waals surface area contributed by atoms with Gasteiger partial charge in [0.15, 0.2) is 0 Å². The normalized spacial score (nSPS) is 24.2. The van der Waals surface area contributed by atoms with Crippen molar-refractivity contribution >= 4 is 10.0 Å². The van der Waals surface area contributed by atoms with Crippen LogP contribution in [0.4, 0.5) is 0 Å². The molecule has 4 nitrogen and oxygen atoms in total. The lowest BCUT2D eigenvalue weighted by Gasteiger charge is -2.39. The van der Waals surface area contributed by atoms with Crippen molar-refractivity contribution in [2.75, 3.05) is 6.54 Å². The fourth-order valence-electron chi connectivity index (χ4n) is 3.60. The van der Waals surface area contributed by atoms with E-state index in [1.807, 2.05) is 39.8 Å². The number of hydrogen-bond acceptors (Lipinski definition) is 3. The lowest BCUT2D eigenvalue weighted by Crippen LogP contribution is -2.51. The van der Waals surface area contributed by atoms with Crippen molar-refractivity contribution in [1.82, 2.24) is 4.31 Å². The van der Waals surface area contributed by atoms with Crippen LogP contribution >= 0.6 is 0 Å². The number of sulfonamides is 1. The standard InChI is InChI=1S/C16H26N2O2S/c1-11-8-12(2)16(13(3)9-11)21(19,20)18-14(4)6-5-7-15(18)10-17/h8-9,14-15H,5-7,10,17H2,1-4H3. The summed E-state index contributed by atoms with van der Waals surface area (Å²) in [4.78, 5) is 0.459. The Morgan fingerprint density at radius 3 is 2.29 bits per heavy atom. The largest absolute Gasteiger partial charge is 0.329 e. The molecular formula is C16H26N2O2S. The van der Waals surface area contributed by atoms with Crippen molar-refractivity contribution in [1.29, 1.82) is 0 Å². The average Bonchev–Trinajstić information content (AvgIpc) is 2.36. The molecule has 1 aromatic rings. The minimum Gasteiger partial charge on any atom is -0.329 e. The van der Waals surface area contributed by atoms with Crippen LogP contribution in [0.2, 0.25) is 0 Å². The molecule has 0 bridgehead atoms. The highest BCUT2D eigenvalue weighted by atomic mass is 32.2. The van der Waals surface area contributed by atoms with Gasteiger partial charge in [-0.05, 0) is 51.7 Å². The quantitative estimate of drug-likeness (QED) is 0.933. The third-order valence-electron chi connectivity index (χ3n) is 4.37. The Morgan fingerprint density at radius 2 is 1.76 bits per heavy atom. The van der Waals surface area contributed by atoms with E-state index in [1.165, 1.54) is 0 Å². The second-order valence-corrected chi connectivity index (χ2v) is 8.01. The molecule has 1 heterocycles. The summed E-state index contributed by atoms with van der Waals surface area (Å²) in [5, 5.41) is 0. The van der Waals surface area contributed by atoms with Crippen molar-refractivity contribution in [3.63, 3.8) is 0 Å². The average molecular weight is 310 g/mol. The number of benzene rings is 1. The summed E-state index contributed by atoms with van der Waals surface area (Å²) in [5.41, 5.74) is 8.55. The fourth-order valence-corrected chi connectivity index (χ4v) is 5.90. The van der Waals surface area contributed by atoms with Crippen molar-refractivity contribution < 1.29 is 8.42 Å². The maximum Gasteiger partial charge on any atom is 0.244 e. The van der Waals surface area contributed by atoms with Gasteiger partial charge in [-0.2, -0.15) is 4.31 Å². The van der Waals surface area contributed by atoms with Crippen LogP contribution in [0.1, 0.15) is 42.9 Å². The van der Waals surface area contributed by atoms with Crippen LogP contribution in [0.15, 0.2) is 17.0 Å². The Kier molecular flexibility index (Phi) is 4.76. The zero-order valence-electron chi connectivity index (χ0n) is 13.4. The molecule has 2 atom stereocenters. The lowest BCUT2D eigenvalue weighted by atomic mass is 10.00. The molecule has 2 rings (SSSR count). The highest BCUT2D eigenvalue weighted by Gasteiger charge is 2.38. The van der Waals surface area contributed by atoms with E-state index in [9.17, 15) is 8.42 Å². The molecule has 2 N–H and O–H groups in total. The van der Waals surface area contributed by atoms with E-state index in [-0.39, 0.29) is 12.1 Å². The van der Waals surface area contributed by atoms with E-state index >= 15 is 0 Å². The van der Waals surface area contributed by atoms with Crippen LogP contribution in [-0.4, -0.2) is 31.4 Å². The van der Waals surface area contributed by atoms with Gasteiger partial charge in [-0.25, -0.2) is 8.42 Å². The first-order valence-electron chi connectivity index (χ1n) is 7.60. The topological polar surface area (TPSA) is 63.4 Å². The molecule has 118 valence electrons. The van der Waals surface area contributed by atoms with Crippen LogP contribution in [0.25, 0.3) is 0 Å². The Morgan fingerprint density at radius 1 is 1.19 bits per heavy atom. The van der Waals surface area contributed by atoms with Gasteiger partial charge >= 0.3 is 0 Å². The summed E-state index contributed by atoms with van der Waals surface area (Å²) in [6.07, 6.45) is 2.80. The van der Waals surface area contributed by atoms with E-state index in [0.717, 1.165) is 36.0 Å². The van der Waals surface area contributed by atoms with E-state index in [2.05, 4.69) is 0 Å². The predicted molar refractivity (Wildman–Crippen MR) is 85.8 cm³/mol. The Labute approximate surface area is 128 Å². The SMILES string of the molecule is Cc1cc(C)c(S(=O)(=O)N2C(C)CCCC2CN)c(C)c1. The Hall–Kier alpha value is -0.910. The number of hydrogen-bond donors (Lipinski definition) is 1. The highest BCUT2D eigenvalue weighted by Crippen LogP contribution is 2.32. The molecule has 0 aromatic heterocycles. The number of aryl methyl sites for hydroxylation is 3. The van der Waals surface area contributed by atoms with E-state index in [0.29, 0.717) is 11.4 Å². The molecule has 0 saturated carbocycles. The molecule has 21 heavy (non-hydrogen) atoms. The van der Waals surface area contributed by atoms with Crippen molar-refractivity contribution in [3.8, 4) is 0 Å². The second kappa shape index (κ2) is 6.07. The second-order valence-electron chi connectivity index (χ2n) is 6.23. The van der Waals surface area contributed by atoms with Gasteiger partial charge in [0.25, 0.3) is 0 Å². The Balaban J connectivity index is 2.55. The summed E-state index contributed by atoms with van der Waals surface area (Å²) < 4.78 is 28.0. The molecule has 1 aromatic carbocycles. The zero-order chi connectivity index (χ0) is 15.8. The first-order chi connectivity index (χ1) is 9.78. The Bertz CT molecular complexity index is 602. The van der Waals surface area contributed by atoms with Gasteiger partial charge in [0.2, 0.25) is 10.0 Å². The van der Waals surface area contributed by atoms with Crippen molar-refractivity contribution in [3.05, 3.63) is 28.8 Å². The smallest absolute Gasteiger partial charge is 0.244 e. The first kappa shape index (κ1) is 16.5. The van der Waals surface area contributed by atoms with Gasteiger partial charge in [0.1, 0.15) is 0 Å².